The molecule has 5 atom stereocenters. The molecule has 0 aromatic heterocycles. The molecule has 3 rings (SSSR count). The minimum Gasteiger partial charge on any atom is -0.394 e. The second-order valence-corrected chi connectivity index (χ2v) is 7.43. The highest BCUT2D eigenvalue weighted by Crippen LogP contribution is 2.34. The molecule has 4 N–H and O–H groups in total. The summed E-state index contributed by atoms with van der Waals surface area (Å²) in [4.78, 5) is 0. The third-order valence-electron chi connectivity index (χ3n) is 5.02. The minimum atomic E-state index is -1.41. The molecule has 0 saturated carbocycles. The highest BCUT2D eigenvalue weighted by Gasteiger charge is 2.43. The molecular formula is C21H25ClO6. The largest absolute Gasteiger partial charge is 0.394 e. The van der Waals surface area contributed by atoms with E-state index in [1.807, 2.05) is 30.3 Å². The summed E-state index contributed by atoms with van der Waals surface area (Å²) in [6, 6.07) is 13.2. The zero-order valence-corrected chi connectivity index (χ0v) is 16.3. The number of hydrogen-bond donors (Lipinski definition) is 4. The van der Waals surface area contributed by atoms with Gasteiger partial charge in [-0.2, -0.15) is 0 Å². The van der Waals surface area contributed by atoms with E-state index in [1.165, 1.54) is 0 Å². The van der Waals surface area contributed by atoms with Crippen LogP contribution in [-0.4, -0.2) is 58.6 Å². The molecule has 1 aliphatic heterocycles. The van der Waals surface area contributed by atoms with E-state index in [-0.39, 0.29) is 0 Å². The van der Waals surface area contributed by atoms with Gasteiger partial charge in [0, 0.05) is 12.1 Å². The van der Waals surface area contributed by atoms with E-state index < -0.39 is 37.1 Å². The van der Waals surface area contributed by atoms with Crippen molar-refractivity contribution in [1.29, 1.82) is 0 Å². The molecule has 2 aromatic carbocycles. The normalized spacial score (nSPS) is 27.7. The lowest BCUT2D eigenvalue weighted by atomic mass is 9.90. The van der Waals surface area contributed by atoms with Crippen molar-refractivity contribution in [2.75, 3.05) is 13.7 Å². The van der Waals surface area contributed by atoms with E-state index in [9.17, 15) is 20.4 Å². The Morgan fingerprint density at radius 2 is 1.64 bits per heavy atom. The van der Waals surface area contributed by atoms with Crippen molar-refractivity contribution >= 4 is 11.6 Å². The van der Waals surface area contributed by atoms with Crippen molar-refractivity contribution in [3.05, 3.63) is 69.7 Å². The van der Waals surface area contributed by atoms with Gasteiger partial charge in [-0.25, -0.2) is 0 Å². The maximum atomic E-state index is 10.3. The molecule has 1 saturated heterocycles. The fourth-order valence-corrected chi connectivity index (χ4v) is 3.61. The maximum absolute atomic E-state index is 10.3. The molecule has 2 aromatic rings. The average molecular weight is 409 g/mol. The third kappa shape index (κ3) is 4.55. The minimum absolute atomic E-state index is 0.463. The lowest BCUT2D eigenvalue weighted by Gasteiger charge is -2.40. The van der Waals surface area contributed by atoms with Crippen molar-refractivity contribution < 1.29 is 29.9 Å². The van der Waals surface area contributed by atoms with E-state index >= 15 is 0 Å². The summed E-state index contributed by atoms with van der Waals surface area (Å²) >= 11 is 6.36. The lowest BCUT2D eigenvalue weighted by Crippen LogP contribution is -2.55. The molecule has 0 spiro atoms. The van der Waals surface area contributed by atoms with E-state index in [4.69, 9.17) is 21.1 Å². The predicted octanol–water partition coefficient (Wildman–Crippen LogP) is 1.59. The number of benzene rings is 2. The number of methoxy groups -OCH3 is 1. The van der Waals surface area contributed by atoms with Crippen molar-refractivity contribution in [1.82, 2.24) is 0 Å². The fraction of sp³-hybridized carbons (Fsp3) is 0.429. The van der Waals surface area contributed by atoms with E-state index in [2.05, 4.69) is 0 Å². The van der Waals surface area contributed by atoms with Gasteiger partial charge in [-0.3, -0.25) is 0 Å². The molecule has 0 radical (unpaired) electrons. The predicted molar refractivity (Wildman–Crippen MR) is 104 cm³/mol. The zero-order valence-electron chi connectivity index (χ0n) is 15.5. The Bertz CT molecular complexity index is 779. The van der Waals surface area contributed by atoms with Crippen LogP contribution in [0.15, 0.2) is 42.5 Å². The van der Waals surface area contributed by atoms with Gasteiger partial charge in [-0.1, -0.05) is 48.0 Å². The first-order chi connectivity index (χ1) is 13.4. The van der Waals surface area contributed by atoms with Crippen LogP contribution in [0, 0.1) is 0 Å². The van der Waals surface area contributed by atoms with Crippen LogP contribution < -0.4 is 0 Å². The Morgan fingerprint density at radius 1 is 0.964 bits per heavy atom. The maximum Gasteiger partial charge on any atom is 0.113 e. The standard InChI is InChI=1S/C21H25ClO6/c1-27-11-13-4-2-12(3-5-13)8-15-9-14(6-7-16(15)22)21-20(26)19(25)18(24)17(10-23)28-21/h2-7,9,17-21,23-26H,8,10-11H2,1H3/t17-,18-,19+,20-,21+/m1/s1. The molecular weight excluding hydrogens is 384 g/mol. The summed E-state index contributed by atoms with van der Waals surface area (Å²) in [6.07, 6.45) is -5.36. The van der Waals surface area contributed by atoms with E-state index in [0.29, 0.717) is 23.6 Å². The van der Waals surface area contributed by atoms with E-state index in [1.54, 1.807) is 19.2 Å². The van der Waals surface area contributed by atoms with Gasteiger partial charge in [-0.05, 0) is 34.7 Å². The number of aliphatic hydroxyl groups is 4. The first-order valence-electron chi connectivity index (χ1n) is 9.10. The van der Waals surface area contributed by atoms with Gasteiger partial charge >= 0.3 is 0 Å². The van der Waals surface area contributed by atoms with Gasteiger partial charge in [0.2, 0.25) is 0 Å². The molecule has 0 amide bonds. The zero-order chi connectivity index (χ0) is 20.3. The molecule has 6 nitrogen and oxygen atoms in total. The van der Waals surface area contributed by atoms with Gasteiger partial charge in [-0.15, -0.1) is 0 Å². The van der Waals surface area contributed by atoms with Crippen molar-refractivity contribution in [2.45, 2.75) is 43.5 Å². The first kappa shape index (κ1) is 21.2. The third-order valence-corrected chi connectivity index (χ3v) is 5.39. The summed E-state index contributed by atoms with van der Waals surface area (Å²) in [7, 11) is 1.65. The molecule has 7 heteroatoms. The second-order valence-electron chi connectivity index (χ2n) is 7.03. The molecule has 28 heavy (non-hydrogen) atoms. The monoisotopic (exact) mass is 408 g/mol. The van der Waals surface area contributed by atoms with Crippen LogP contribution in [0.25, 0.3) is 0 Å². The van der Waals surface area contributed by atoms with Crippen LogP contribution in [0.1, 0.15) is 28.4 Å². The summed E-state index contributed by atoms with van der Waals surface area (Å²) in [5, 5.41) is 40.3. The van der Waals surface area contributed by atoms with Crippen LogP contribution >= 0.6 is 11.6 Å². The Balaban J connectivity index is 1.82. The number of halogens is 1. The van der Waals surface area contributed by atoms with Crippen LogP contribution in [0.2, 0.25) is 5.02 Å². The molecule has 0 unspecified atom stereocenters. The Hall–Kier alpha value is -1.51. The Kier molecular flexibility index (Phi) is 7.06. The van der Waals surface area contributed by atoms with Crippen LogP contribution in [0.5, 0.6) is 0 Å². The summed E-state index contributed by atoms with van der Waals surface area (Å²) in [6.45, 7) is 0.0867. The quantitative estimate of drug-likeness (QED) is 0.579. The lowest BCUT2D eigenvalue weighted by molar-refractivity contribution is -0.231. The number of hydrogen-bond acceptors (Lipinski definition) is 6. The van der Waals surface area contributed by atoms with Crippen molar-refractivity contribution in [2.24, 2.45) is 0 Å². The highest BCUT2D eigenvalue weighted by atomic mass is 35.5. The highest BCUT2D eigenvalue weighted by molar-refractivity contribution is 6.31. The molecule has 152 valence electrons. The number of rotatable bonds is 6. The molecule has 0 aliphatic carbocycles. The van der Waals surface area contributed by atoms with Crippen LogP contribution in [0.4, 0.5) is 0 Å². The van der Waals surface area contributed by atoms with Gasteiger partial charge in [0.15, 0.2) is 0 Å². The van der Waals surface area contributed by atoms with Gasteiger partial charge in [0.05, 0.1) is 13.2 Å². The molecule has 1 aliphatic rings. The topological polar surface area (TPSA) is 99.4 Å². The van der Waals surface area contributed by atoms with Crippen molar-refractivity contribution in [3.8, 4) is 0 Å². The van der Waals surface area contributed by atoms with Gasteiger partial charge in [0.1, 0.15) is 30.5 Å². The molecule has 1 fully saturated rings. The van der Waals surface area contributed by atoms with Crippen LogP contribution in [0.3, 0.4) is 0 Å². The SMILES string of the molecule is COCc1ccc(Cc2cc([C@@H]3O[C@H](CO)[C@@H](O)[C@H](O)[C@H]3O)ccc2Cl)cc1. The smallest absolute Gasteiger partial charge is 0.113 e. The second kappa shape index (κ2) is 9.33. The molecule has 0 bridgehead atoms. The first-order valence-corrected chi connectivity index (χ1v) is 9.48. The fourth-order valence-electron chi connectivity index (χ4n) is 3.42. The Labute approximate surface area is 168 Å². The van der Waals surface area contributed by atoms with Crippen molar-refractivity contribution in [3.63, 3.8) is 0 Å². The summed E-state index contributed by atoms with van der Waals surface area (Å²) in [5.41, 5.74) is 3.60. The number of aliphatic hydroxyl groups excluding tert-OH is 4. The van der Waals surface area contributed by atoms with Crippen LogP contribution in [-0.2, 0) is 22.5 Å². The Morgan fingerprint density at radius 3 is 2.29 bits per heavy atom. The van der Waals surface area contributed by atoms with Gasteiger partial charge in [0.25, 0.3) is 0 Å². The molecule has 1 heterocycles. The van der Waals surface area contributed by atoms with Gasteiger partial charge < -0.3 is 29.9 Å². The number of ether oxygens (including phenoxy) is 2. The average Bonchev–Trinajstić information content (AvgIpc) is 2.70. The van der Waals surface area contributed by atoms with E-state index in [0.717, 1.165) is 16.7 Å². The summed E-state index contributed by atoms with van der Waals surface area (Å²) in [5.74, 6) is 0. The summed E-state index contributed by atoms with van der Waals surface area (Å²) < 4.78 is 10.8.